The van der Waals surface area contributed by atoms with Crippen molar-refractivity contribution in [3.63, 3.8) is 0 Å². The highest BCUT2D eigenvalue weighted by molar-refractivity contribution is 5.93. The normalized spacial score (nSPS) is 18.1. The number of nitrogens with one attached hydrogen (secondary N) is 1. The van der Waals surface area contributed by atoms with Gasteiger partial charge in [0.1, 0.15) is 0 Å². The van der Waals surface area contributed by atoms with Gasteiger partial charge in [-0.05, 0) is 12.8 Å². The summed E-state index contributed by atoms with van der Waals surface area (Å²) in [5.74, 6) is -2.03. The summed E-state index contributed by atoms with van der Waals surface area (Å²) in [5, 5.41) is 18.8. The Kier molecular flexibility index (Phi) is 3.31. The number of rotatable bonds is 5. The maximum absolute atomic E-state index is 11.8. The van der Waals surface area contributed by atoms with Gasteiger partial charge in [-0.3, -0.25) is 14.9 Å². The quantitative estimate of drug-likeness (QED) is 0.817. The van der Waals surface area contributed by atoms with Gasteiger partial charge in [-0.25, -0.2) is 0 Å². The number of hydrogen-bond donors (Lipinski definition) is 2. The van der Waals surface area contributed by atoms with Crippen LogP contribution in [-0.2, 0) is 9.59 Å². The lowest BCUT2D eigenvalue weighted by Crippen LogP contribution is -2.30. The van der Waals surface area contributed by atoms with E-state index in [1.165, 1.54) is 6.92 Å². The molecule has 2 atom stereocenters. The van der Waals surface area contributed by atoms with Crippen LogP contribution in [-0.4, -0.2) is 27.2 Å². The molecule has 1 amide bonds. The second-order valence-corrected chi connectivity index (χ2v) is 4.62. The number of carbonyl (C=O) groups is 2. The maximum Gasteiger partial charge on any atom is 0.322 e. The van der Waals surface area contributed by atoms with Crippen molar-refractivity contribution in [2.24, 2.45) is 11.8 Å². The third-order valence-electron chi connectivity index (χ3n) is 3.15. The minimum atomic E-state index is -1.01. The minimum absolute atomic E-state index is 0.0336. The Morgan fingerprint density at radius 2 is 2.00 bits per heavy atom. The molecule has 2 rings (SSSR count). The van der Waals surface area contributed by atoms with E-state index in [1.807, 2.05) is 0 Å². The first-order valence-electron chi connectivity index (χ1n) is 5.86. The summed E-state index contributed by atoms with van der Waals surface area (Å²) in [7, 11) is 0. The van der Waals surface area contributed by atoms with Crippen LogP contribution in [0, 0.1) is 11.8 Å². The van der Waals surface area contributed by atoms with E-state index in [-0.39, 0.29) is 6.01 Å². The number of aromatic nitrogens is 2. The Morgan fingerprint density at radius 1 is 1.33 bits per heavy atom. The lowest BCUT2D eigenvalue weighted by atomic mass is 9.95. The van der Waals surface area contributed by atoms with Gasteiger partial charge in [0.25, 0.3) is 0 Å². The van der Waals surface area contributed by atoms with Crippen LogP contribution in [0.5, 0.6) is 0 Å². The molecule has 0 bridgehead atoms. The monoisotopic (exact) mass is 253 g/mol. The van der Waals surface area contributed by atoms with Crippen LogP contribution in [0.1, 0.15) is 38.5 Å². The SMILES string of the molecule is CC(C(=O)O)C(C)C(=O)Nc1nnc(C2CC2)o1. The summed E-state index contributed by atoms with van der Waals surface area (Å²) in [6.45, 7) is 3.03. The molecule has 1 aromatic heterocycles. The molecule has 18 heavy (non-hydrogen) atoms. The van der Waals surface area contributed by atoms with Gasteiger partial charge in [0.15, 0.2) is 0 Å². The van der Waals surface area contributed by atoms with Gasteiger partial charge in [-0.2, -0.15) is 0 Å². The third-order valence-corrected chi connectivity index (χ3v) is 3.15. The molecule has 2 N–H and O–H groups in total. The molecular weight excluding hydrogens is 238 g/mol. The highest BCUT2D eigenvalue weighted by atomic mass is 16.4. The van der Waals surface area contributed by atoms with Gasteiger partial charge in [-0.1, -0.05) is 18.9 Å². The number of nitrogens with zero attached hydrogens (tertiary/aromatic N) is 2. The van der Waals surface area contributed by atoms with E-state index >= 15 is 0 Å². The van der Waals surface area contributed by atoms with Crippen LogP contribution >= 0.6 is 0 Å². The summed E-state index contributed by atoms with van der Waals surface area (Å²) < 4.78 is 5.27. The molecule has 2 unspecified atom stereocenters. The molecule has 1 aliphatic rings. The second-order valence-electron chi connectivity index (χ2n) is 4.62. The first kappa shape index (κ1) is 12.5. The van der Waals surface area contributed by atoms with Crippen LogP contribution in [0.15, 0.2) is 4.42 Å². The van der Waals surface area contributed by atoms with E-state index in [0.717, 1.165) is 12.8 Å². The van der Waals surface area contributed by atoms with Crippen molar-refractivity contribution in [1.29, 1.82) is 0 Å². The van der Waals surface area contributed by atoms with Gasteiger partial charge in [0.05, 0.1) is 5.92 Å². The molecule has 1 aliphatic carbocycles. The number of aliphatic carboxylic acids is 1. The van der Waals surface area contributed by atoms with Crippen LogP contribution in [0.4, 0.5) is 6.01 Å². The minimum Gasteiger partial charge on any atom is -0.481 e. The molecule has 0 aromatic carbocycles. The summed E-state index contributed by atoms with van der Waals surface area (Å²) in [6, 6.07) is 0.0336. The Morgan fingerprint density at radius 3 is 2.56 bits per heavy atom. The summed E-state index contributed by atoms with van der Waals surface area (Å²) in [5.41, 5.74) is 0. The van der Waals surface area contributed by atoms with Crippen molar-refractivity contribution in [3.05, 3.63) is 5.89 Å². The fourth-order valence-corrected chi connectivity index (χ4v) is 1.44. The molecule has 1 heterocycles. The van der Waals surface area contributed by atoms with E-state index in [1.54, 1.807) is 6.92 Å². The first-order valence-corrected chi connectivity index (χ1v) is 5.86. The highest BCUT2D eigenvalue weighted by Gasteiger charge is 2.30. The Balaban J connectivity index is 1.95. The summed E-state index contributed by atoms with van der Waals surface area (Å²) in [6.07, 6.45) is 2.06. The Hall–Kier alpha value is -1.92. The Labute approximate surface area is 104 Å². The predicted octanol–water partition coefficient (Wildman–Crippen LogP) is 1.24. The van der Waals surface area contributed by atoms with Crippen molar-refractivity contribution < 1.29 is 19.1 Å². The van der Waals surface area contributed by atoms with Crippen LogP contribution < -0.4 is 5.32 Å². The molecule has 98 valence electrons. The zero-order valence-corrected chi connectivity index (χ0v) is 10.2. The topological polar surface area (TPSA) is 105 Å². The maximum atomic E-state index is 11.8. The van der Waals surface area contributed by atoms with E-state index in [4.69, 9.17) is 9.52 Å². The average molecular weight is 253 g/mol. The van der Waals surface area contributed by atoms with Crippen molar-refractivity contribution in [3.8, 4) is 0 Å². The fraction of sp³-hybridized carbons (Fsp3) is 0.636. The third kappa shape index (κ3) is 2.66. The molecular formula is C11H15N3O4. The van der Waals surface area contributed by atoms with Gasteiger partial charge < -0.3 is 9.52 Å². The molecule has 7 nitrogen and oxygen atoms in total. The van der Waals surface area contributed by atoms with Crippen molar-refractivity contribution >= 4 is 17.9 Å². The summed E-state index contributed by atoms with van der Waals surface area (Å²) >= 11 is 0. The van der Waals surface area contributed by atoms with Gasteiger partial charge in [0.2, 0.25) is 11.8 Å². The van der Waals surface area contributed by atoms with Crippen LogP contribution in [0.3, 0.4) is 0 Å². The van der Waals surface area contributed by atoms with E-state index in [0.29, 0.717) is 11.8 Å². The molecule has 0 spiro atoms. The van der Waals surface area contributed by atoms with Crippen molar-refractivity contribution in [2.45, 2.75) is 32.6 Å². The molecule has 1 fully saturated rings. The zero-order chi connectivity index (χ0) is 13.3. The lowest BCUT2D eigenvalue weighted by molar-refractivity contribution is -0.145. The number of carboxylic acids is 1. The van der Waals surface area contributed by atoms with E-state index in [2.05, 4.69) is 15.5 Å². The predicted molar refractivity (Wildman–Crippen MR) is 60.9 cm³/mol. The highest BCUT2D eigenvalue weighted by Crippen LogP contribution is 2.39. The molecule has 0 saturated heterocycles. The lowest BCUT2D eigenvalue weighted by Gasteiger charge is -2.13. The number of carbonyl (C=O) groups excluding carboxylic acids is 1. The molecule has 0 radical (unpaired) electrons. The van der Waals surface area contributed by atoms with Crippen LogP contribution in [0.2, 0.25) is 0 Å². The van der Waals surface area contributed by atoms with Crippen molar-refractivity contribution in [1.82, 2.24) is 10.2 Å². The molecule has 0 aliphatic heterocycles. The standard InChI is InChI=1S/C11H15N3O4/c1-5(6(2)10(16)17)8(15)12-11-14-13-9(18-11)7-3-4-7/h5-7H,3-4H2,1-2H3,(H,16,17)(H,12,14,15). The second kappa shape index (κ2) is 4.75. The van der Waals surface area contributed by atoms with E-state index < -0.39 is 23.7 Å². The van der Waals surface area contributed by atoms with E-state index in [9.17, 15) is 9.59 Å². The van der Waals surface area contributed by atoms with Gasteiger partial charge in [-0.15, -0.1) is 5.10 Å². The molecule has 7 heteroatoms. The number of carboxylic acid groups (broad SMARTS) is 1. The number of anilines is 1. The summed E-state index contributed by atoms with van der Waals surface area (Å²) in [4.78, 5) is 22.5. The molecule has 1 saturated carbocycles. The first-order chi connectivity index (χ1) is 8.49. The number of hydrogen-bond acceptors (Lipinski definition) is 5. The van der Waals surface area contributed by atoms with Gasteiger partial charge in [0, 0.05) is 11.8 Å². The van der Waals surface area contributed by atoms with Crippen molar-refractivity contribution in [2.75, 3.05) is 5.32 Å². The largest absolute Gasteiger partial charge is 0.481 e. The zero-order valence-electron chi connectivity index (χ0n) is 10.2. The average Bonchev–Trinajstić information content (AvgIpc) is 3.08. The van der Waals surface area contributed by atoms with Gasteiger partial charge >= 0.3 is 12.0 Å². The smallest absolute Gasteiger partial charge is 0.322 e. The van der Waals surface area contributed by atoms with Crippen LogP contribution in [0.25, 0.3) is 0 Å². The number of amides is 1. The Bertz CT molecular complexity index is 467. The molecule has 1 aromatic rings. The fourth-order valence-electron chi connectivity index (χ4n) is 1.44.